The van der Waals surface area contributed by atoms with Crippen LogP contribution >= 0.6 is 0 Å². The number of aliphatic hydroxyl groups is 2. The monoisotopic (exact) mass is 442 g/mol. The normalized spacial score (nSPS) is 59.4. The summed E-state index contributed by atoms with van der Waals surface area (Å²) in [6.45, 7) is 21.8. The molecule has 0 spiro atoms. The summed E-state index contributed by atoms with van der Waals surface area (Å²) in [6.07, 6.45) is 10.1. The predicted octanol–water partition coefficient (Wildman–Crippen LogP) is 7.00. The van der Waals surface area contributed by atoms with Crippen LogP contribution in [0.25, 0.3) is 0 Å². The highest BCUT2D eigenvalue weighted by atomic mass is 16.3. The Morgan fingerprint density at radius 2 is 1.44 bits per heavy atom. The first-order valence-electron chi connectivity index (χ1n) is 13.8. The largest absolute Gasteiger partial charge is 0.393 e. The molecule has 0 radical (unpaired) electrons. The molecular formula is C30H50O2. The van der Waals surface area contributed by atoms with Gasteiger partial charge in [0.15, 0.2) is 0 Å². The van der Waals surface area contributed by atoms with Crippen molar-refractivity contribution in [1.29, 1.82) is 0 Å². The van der Waals surface area contributed by atoms with Gasteiger partial charge in [0.2, 0.25) is 0 Å². The third-order valence-corrected chi connectivity index (χ3v) is 13.7. The van der Waals surface area contributed by atoms with Crippen molar-refractivity contribution < 1.29 is 10.2 Å². The van der Waals surface area contributed by atoms with E-state index in [1.54, 1.807) is 0 Å². The molecule has 2 heteroatoms. The van der Waals surface area contributed by atoms with E-state index in [2.05, 4.69) is 55.0 Å². The lowest BCUT2D eigenvalue weighted by atomic mass is 9.31. The van der Waals surface area contributed by atoms with Crippen molar-refractivity contribution in [2.45, 2.75) is 118 Å². The summed E-state index contributed by atoms with van der Waals surface area (Å²) in [5.74, 6) is 3.06. The zero-order chi connectivity index (χ0) is 23.5. The Kier molecular flexibility index (Phi) is 5.02. The lowest BCUT2D eigenvalue weighted by molar-refractivity contribution is -0.269. The van der Waals surface area contributed by atoms with E-state index in [0.717, 1.165) is 25.7 Å². The van der Waals surface area contributed by atoms with Gasteiger partial charge in [0.25, 0.3) is 0 Å². The molecule has 5 fully saturated rings. The molecule has 0 aromatic carbocycles. The van der Waals surface area contributed by atoms with E-state index in [0.29, 0.717) is 35.0 Å². The van der Waals surface area contributed by atoms with Crippen LogP contribution < -0.4 is 0 Å². The average Bonchev–Trinajstić information content (AvgIpc) is 2.70. The first kappa shape index (κ1) is 23.4. The van der Waals surface area contributed by atoms with Gasteiger partial charge in [-0.25, -0.2) is 0 Å². The van der Waals surface area contributed by atoms with Gasteiger partial charge in [-0.05, 0) is 114 Å². The van der Waals surface area contributed by atoms with Crippen LogP contribution in [-0.4, -0.2) is 22.4 Å². The van der Waals surface area contributed by atoms with E-state index in [4.69, 9.17) is 0 Å². The van der Waals surface area contributed by atoms with E-state index in [-0.39, 0.29) is 33.9 Å². The molecule has 11 atom stereocenters. The van der Waals surface area contributed by atoms with E-state index in [1.807, 2.05) is 0 Å². The van der Waals surface area contributed by atoms with Crippen molar-refractivity contribution >= 4 is 0 Å². The summed E-state index contributed by atoms with van der Waals surface area (Å²) in [7, 11) is 0. The minimum Gasteiger partial charge on any atom is -0.393 e. The molecule has 5 saturated carbocycles. The summed E-state index contributed by atoms with van der Waals surface area (Å²) in [5, 5.41) is 22.6. The standard InChI is InChI=1S/C30H50O2/c1-18-11-14-28(6)24(32)17-30(8)20(25(28)19(18)2)9-10-22-27(5)15-13-23(31)26(3,4)21(27)12-16-29(22,30)7/h19-25,31-32H,1,9-17H2,2-8H3/t19-,20-,21-,22-,23-,24-,25-,27+,28-,29-,30-/m1/s1. The molecular weight excluding hydrogens is 392 g/mol. The Bertz CT molecular complexity index is 801. The van der Waals surface area contributed by atoms with Gasteiger partial charge in [0, 0.05) is 0 Å². The number of hydrogen-bond acceptors (Lipinski definition) is 2. The molecule has 5 aliphatic rings. The Balaban J connectivity index is 1.57. The van der Waals surface area contributed by atoms with E-state index in [9.17, 15) is 10.2 Å². The van der Waals surface area contributed by atoms with Crippen LogP contribution in [0.2, 0.25) is 0 Å². The van der Waals surface area contributed by atoms with Crippen molar-refractivity contribution in [2.75, 3.05) is 0 Å². The Morgan fingerprint density at radius 3 is 2.12 bits per heavy atom. The lowest BCUT2D eigenvalue weighted by Gasteiger charge is -2.74. The van der Waals surface area contributed by atoms with Crippen molar-refractivity contribution in [3.8, 4) is 0 Å². The molecule has 2 N–H and O–H groups in total. The van der Waals surface area contributed by atoms with Gasteiger partial charge in [-0.2, -0.15) is 0 Å². The molecule has 0 bridgehead atoms. The van der Waals surface area contributed by atoms with Crippen LogP contribution in [0.4, 0.5) is 0 Å². The van der Waals surface area contributed by atoms with Gasteiger partial charge < -0.3 is 10.2 Å². The molecule has 0 heterocycles. The number of allylic oxidation sites excluding steroid dienone is 1. The fourth-order valence-corrected chi connectivity index (χ4v) is 11.4. The first-order chi connectivity index (χ1) is 14.7. The predicted molar refractivity (Wildman–Crippen MR) is 132 cm³/mol. The summed E-state index contributed by atoms with van der Waals surface area (Å²) >= 11 is 0. The van der Waals surface area contributed by atoms with Gasteiger partial charge in [-0.3, -0.25) is 0 Å². The fraction of sp³-hybridized carbons (Fsp3) is 0.933. The number of fused-ring (bicyclic) bond motifs is 7. The van der Waals surface area contributed by atoms with Crippen molar-refractivity contribution in [2.24, 2.45) is 56.7 Å². The summed E-state index contributed by atoms with van der Waals surface area (Å²) in [5.41, 5.74) is 2.23. The first-order valence-corrected chi connectivity index (χ1v) is 13.8. The lowest BCUT2D eigenvalue weighted by Crippen LogP contribution is -2.69. The fourth-order valence-electron chi connectivity index (χ4n) is 11.4. The molecule has 32 heavy (non-hydrogen) atoms. The number of hydrogen-bond donors (Lipinski definition) is 2. The van der Waals surface area contributed by atoms with Crippen molar-refractivity contribution in [1.82, 2.24) is 0 Å². The second-order valence-electron chi connectivity index (χ2n) is 14.7. The second kappa shape index (κ2) is 6.87. The summed E-state index contributed by atoms with van der Waals surface area (Å²) < 4.78 is 0. The van der Waals surface area contributed by atoms with Gasteiger partial charge in [-0.15, -0.1) is 0 Å². The minimum atomic E-state index is -0.199. The summed E-state index contributed by atoms with van der Waals surface area (Å²) in [4.78, 5) is 0. The minimum absolute atomic E-state index is 0.00631. The second-order valence-corrected chi connectivity index (χ2v) is 14.7. The van der Waals surface area contributed by atoms with Crippen LogP contribution in [0.5, 0.6) is 0 Å². The number of rotatable bonds is 0. The highest BCUT2D eigenvalue weighted by Crippen LogP contribution is 2.76. The quantitative estimate of drug-likeness (QED) is 0.397. The Hall–Kier alpha value is -0.340. The molecule has 0 aromatic rings. The Labute approximate surface area is 197 Å². The van der Waals surface area contributed by atoms with Crippen LogP contribution in [0, 0.1) is 56.7 Å². The average molecular weight is 443 g/mol. The third kappa shape index (κ3) is 2.61. The van der Waals surface area contributed by atoms with Gasteiger partial charge in [-0.1, -0.05) is 60.6 Å². The zero-order valence-electron chi connectivity index (χ0n) is 22.0. The third-order valence-electron chi connectivity index (χ3n) is 13.7. The van der Waals surface area contributed by atoms with E-state index < -0.39 is 0 Å². The maximum atomic E-state index is 11.7. The Morgan fingerprint density at radius 1 is 0.750 bits per heavy atom. The molecule has 0 aliphatic heterocycles. The molecule has 0 aromatic heterocycles. The van der Waals surface area contributed by atoms with Crippen LogP contribution in [-0.2, 0) is 0 Å². The molecule has 5 rings (SSSR count). The highest BCUT2D eigenvalue weighted by Gasteiger charge is 2.71. The molecule has 2 nitrogen and oxygen atoms in total. The number of aliphatic hydroxyl groups excluding tert-OH is 2. The molecule has 0 amide bonds. The van der Waals surface area contributed by atoms with E-state index in [1.165, 1.54) is 37.7 Å². The molecule has 0 saturated heterocycles. The van der Waals surface area contributed by atoms with Crippen LogP contribution in [0.1, 0.15) is 106 Å². The van der Waals surface area contributed by atoms with Crippen LogP contribution in [0.3, 0.4) is 0 Å². The molecule has 5 aliphatic carbocycles. The van der Waals surface area contributed by atoms with E-state index >= 15 is 0 Å². The van der Waals surface area contributed by atoms with Crippen molar-refractivity contribution in [3.05, 3.63) is 12.2 Å². The smallest absolute Gasteiger partial charge is 0.0602 e. The van der Waals surface area contributed by atoms with Crippen molar-refractivity contribution in [3.63, 3.8) is 0 Å². The van der Waals surface area contributed by atoms with Gasteiger partial charge >= 0.3 is 0 Å². The van der Waals surface area contributed by atoms with Crippen LogP contribution in [0.15, 0.2) is 12.2 Å². The highest BCUT2D eigenvalue weighted by molar-refractivity contribution is 5.22. The van der Waals surface area contributed by atoms with Gasteiger partial charge in [0.1, 0.15) is 0 Å². The molecule has 182 valence electrons. The molecule has 0 unspecified atom stereocenters. The SMILES string of the molecule is C=C1CC[C@@]2(C)[C@H]([C@@H]1C)[C@H]1CC[C@@H]3[C@@]4(C)CC[C@@H](O)C(C)(C)[C@H]4CC[C@@]3(C)[C@]1(C)C[C@H]2O. The zero-order valence-corrected chi connectivity index (χ0v) is 22.0. The maximum Gasteiger partial charge on any atom is 0.0602 e. The summed E-state index contributed by atoms with van der Waals surface area (Å²) in [6, 6.07) is 0. The van der Waals surface area contributed by atoms with Gasteiger partial charge in [0.05, 0.1) is 12.2 Å². The topological polar surface area (TPSA) is 40.5 Å². The maximum absolute atomic E-state index is 11.7.